The second-order valence-corrected chi connectivity index (χ2v) is 6.72. The molecular formula is C16H24N2OS. The molecule has 0 bridgehead atoms. The Hall–Kier alpha value is -1.00. The predicted molar refractivity (Wildman–Crippen MR) is 85.8 cm³/mol. The number of rotatable bonds is 6. The standard InChI is InChI=1S/C16H24N2OS/c1-4-20-10-9-13(3)18-15(19)11-17-16(18)14-7-5-12(2)6-8-14/h5-8,13,16-17H,4,9-11H2,1-3H3. The lowest BCUT2D eigenvalue weighted by Crippen LogP contribution is -2.38. The second-order valence-electron chi connectivity index (χ2n) is 5.33. The molecule has 0 saturated carbocycles. The Labute approximate surface area is 126 Å². The molecule has 0 aromatic heterocycles. The number of hydrogen-bond acceptors (Lipinski definition) is 3. The van der Waals surface area contributed by atoms with E-state index in [4.69, 9.17) is 0 Å². The topological polar surface area (TPSA) is 32.3 Å². The average molecular weight is 292 g/mol. The summed E-state index contributed by atoms with van der Waals surface area (Å²) in [4.78, 5) is 14.2. The molecule has 20 heavy (non-hydrogen) atoms. The van der Waals surface area contributed by atoms with E-state index in [1.165, 1.54) is 11.1 Å². The first-order valence-electron chi connectivity index (χ1n) is 7.32. The Morgan fingerprint density at radius 3 is 2.75 bits per heavy atom. The van der Waals surface area contributed by atoms with Crippen LogP contribution in [0.4, 0.5) is 0 Å². The van der Waals surface area contributed by atoms with Gasteiger partial charge in [0.2, 0.25) is 5.91 Å². The van der Waals surface area contributed by atoms with E-state index in [1.807, 2.05) is 16.7 Å². The Bertz CT molecular complexity index is 446. The van der Waals surface area contributed by atoms with Crippen molar-refractivity contribution in [1.82, 2.24) is 10.2 Å². The van der Waals surface area contributed by atoms with Crippen molar-refractivity contribution in [2.45, 2.75) is 39.4 Å². The van der Waals surface area contributed by atoms with Crippen molar-refractivity contribution in [3.63, 3.8) is 0 Å². The first kappa shape index (κ1) is 15.4. The van der Waals surface area contributed by atoms with E-state index in [0.29, 0.717) is 6.54 Å². The molecule has 1 aromatic rings. The monoisotopic (exact) mass is 292 g/mol. The van der Waals surface area contributed by atoms with E-state index in [1.54, 1.807) is 0 Å². The van der Waals surface area contributed by atoms with Crippen LogP contribution in [0, 0.1) is 6.92 Å². The lowest BCUT2D eigenvalue weighted by molar-refractivity contribution is -0.130. The van der Waals surface area contributed by atoms with Gasteiger partial charge < -0.3 is 4.90 Å². The van der Waals surface area contributed by atoms with Gasteiger partial charge in [-0.25, -0.2) is 0 Å². The highest BCUT2D eigenvalue weighted by Gasteiger charge is 2.34. The van der Waals surface area contributed by atoms with Gasteiger partial charge in [0.15, 0.2) is 0 Å². The van der Waals surface area contributed by atoms with Crippen LogP contribution in [0.2, 0.25) is 0 Å². The van der Waals surface area contributed by atoms with Gasteiger partial charge in [0.05, 0.1) is 6.54 Å². The summed E-state index contributed by atoms with van der Waals surface area (Å²) in [5, 5.41) is 3.33. The van der Waals surface area contributed by atoms with Gasteiger partial charge in [-0.15, -0.1) is 0 Å². The molecule has 0 radical (unpaired) electrons. The molecule has 2 rings (SSSR count). The Morgan fingerprint density at radius 1 is 1.40 bits per heavy atom. The Balaban J connectivity index is 2.07. The van der Waals surface area contributed by atoms with Crippen LogP contribution in [0.1, 0.15) is 37.6 Å². The van der Waals surface area contributed by atoms with Crippen molar-refractivity contribution in [3.8, 4) is 0 Å². The first-order chi connectivity index (χ1) is 9.63. The van der Waals surface area contributed by atoms with Crippen molar-refractivity contribution in [1.29, 1.82) is 0 Å². The number of hydrogen-bond donors (Lipinski definition) is 1. The zero-order chi connectivity index (χ0) is 14.5. The van der Waals surface area contributed by atoms with Crippen LogP contribution in [0.3, 0.4) is 0 Å². The first-order valence-corrected chi connectivity index (χ1v) is 8.47. The summed E-state index contributed by atoms with van der Waals surface area (Å²) in [6.45, 7) is 6.86. The van der Waals surface area contributed by atoms with E-state index >= 15 is 0 Å². The molecule has 1 aliphatic heterocycles. The molecule has 1 fully saturated rings. The van der Waals surface area contributed by atoms with Crippen molar-refractivity contribution in [2.24, 2.45) is 0 Å². The number of carbonyl (C=O) groups excluding carboxylic acids is 1. The van der Waals surface area contributed by atoms with Crippen LogP contribution in [0.5, 0.6) is 0 Å². The molecule has 1 aromatic carbocycles. The molecule has 2 unspecified atom stereocenters. The molecule has 0 aliphatic carbocycles. The fraction of sp³-hybridized carbons (Fsp3) is 0.562. The number of aryl methyl sites for hydroxylation is 1. The summed E-state index contributed by atoms with van der Waals surface area (Å²) in [6, 6.07) is 8.73. The molecule has 110 valence electrons. The van der Waals surface area contributed by atoms with Gasteiger partial charge in [-0.05, 0) is 37.3 Å². The summed E-state index contributed by atoms with van der Waals surface area (Å²) >= 11 is 1.94. The third-order valence-corrected chi connectivity index (χ3v) is 4.70. The van der Waals surface area contributed by atoms with Crippen LogP contribution in [0.25, 0.3) is 0 Å². The van der Waals surface area contributed by atoms with Crippen molar-refractivity contribution >= 4 is 17.7 Å². The van der Waals surface area contributed by atoms with E-state index in [-0.39, 0.29) is 18.1 Å². The lowest BCUT2D eigenvalue weighted by Gasteiger charge is -2.30. The summed E-state index contributed by atoms with van der Waals surface area (Å²) in [5.41, 5.74) is 2.42. The quantitative estimate of drug-likeness (QED) is 0.818. The number of nitrogens with one attached hydrogen (secondary N) is 1. The minimum absolute atomic E-state index is 0.0322. The minimum atomic E-state index is 0.0322. The highest BCUT2D eigenvalue weighted by molar-refractivity contribution is 7.99. The molecular weight excluding hydrogens is 268 g/mol. The zero-order valence-corrected chi connectivity index (χ0v) is 13.4. The number of carbonyl (C=O) groups is 1. The van der Waals surface area contributed by atoms with Crippen LogP contribution in [-0.4, -0.2) is 34.9 Å². The van der Waals surface area contributed by atoms with Crippen LogP contribution in [-0.2, 0) is 4.79 Å². The zero-order valence-electron chi connectivity index (χ0n) is 12.6. The van der Waals surface area contributed by atoms with Gasteiger partial charge in [-0.1, -0.05) is 36.8 Å². The van der Waals surface area contributed by atoms with E-state index < -0.39 is 0 Å². The maximum atomic E-state index is 12.2. The van der Waals surface area contributed by atoms with Crippen molar-refractivity contribution in [2.75, 3.05) is 18.1 Å². The van der Waals surface area contributed by atoms with Gasteiger partial charge >= 0.3 is 0 Å². The van der Waals surface area contributed by atoms with Crippen molar-refractivity contribution < 1.29 is 4.79 Å². The molecule has 1 N–H and O–H groups in total. The largest absolute Gasteiger partial charge is 0.319 e. The predicted octanol–water partition coefficient (Wildman–Crippen LogP) is 2.96. The molecule has 1 aliphatic rings. The molecule has 2 atom stereocenters. The maximum absolute atomic E-state index is 12.2. The lowest BCUT2D eigenvalue weighted by atomic mass is 10.1. The number of nitrogens with zero attached hydrogens (tertiary/aromatic N) is 1. The fourth-order valence-corrected chi connectivity index (χ4v) is 3.38. The number of benzene rings is 1. The SMILES string of the molecule is CCSCCC(C)N1C(=O)CNC1c1ccc(C)cc1. The number of amides is 1. The summed E-state index contributed by atoms with van der Waals surface area (Å²) in [6.07, 6.45) is 1.08. The van der Waals surface area contributed by atoms with Gasteiger partial charge in [0, 0.05) is 6.04 Å². The summed E-state index contributed by atoms with van der Waals surface area (Å²) in [5.74, 6) is 2.46. The fourth-order valence-electron chi connectivity index (χ4n) is 2.58. The normalized spacial score (nSPS) is 20.4. The van der Waals surface area contributed by atoms with Crippen molar-refractivity contribution in [3.05, 3.63) is 35.4 Å². The highest BCUT2D eigenvalue weighted by Crippen LogP contribution is 2.26. The number of thioether (sulfide) groups is 1. The molecule has 1 heterocycles. The van der Waals surface area contributed by atoms with Gasteiger partial charge in [-0.3, -0.25) is 10.1 Å². The van der Waals surface area contributed by atoms with Gasteiger partial charge in [-0.2, -0.15) is 11.8 Å². The van der Waals surface area contributed by atoms with Crippen LogP contribution < -0.4 is 5.32 Å². The van der Waals surface area contributed by atoms with E-state index in [0.717, 1.165) is 17.9 Å². The highest BCUT2D eigenvalue weighted by atomic mass is 32.2. The molecule has 3 nitrogen and oxygen atoms in total. The van der Waals surface area contributed by atoms with Crippen LogP contribution >= 0.6 is 11.8 Å². The van der Waals surface area contributed by atoms with Gasteiger partial charge in [0.25, 0.3) is 0 Å². The second kappa shape index (κ2) is 7.14. The van der Waals surface area contributed by atoms with E-state index in [9.17, 15) is 4.79 Å². The maximum Gasteiger partial charge on any atom is 0.238 e. The third-order valence-electron chi connectivity index (χ3n) is 3.76. The Kier molecular flexibility index (Phi) is 5.49. The molecule has 1 amide bonds. The van der Waals surface area contributed by atoms with E-state index in [2.05, 4.69) is 50.4 Å². The third kappa shape index (κ3) is 3.55. The Morgan fingerprint density at radius 2 is 2.10 bits per heavy atom. The van der Waals surface area contributed by atoms with Gasteiger partial charge in [0.1, 0.15) is 6.17 Å². The molecule has 4 heteroatoms. The summed E-state index contributed by atoms with van der Waals surface area (Å²) < 4.78 is 0. The molecule has 1 saturated heterocycles. The minimum Gasteiger partial charge on any atom is -0.319 e. The smallest absolute Gasteiger partial charge is 0.238 e. The average Bonchev–Trinajstić information content (AvgIpc) is 2.82. The van der Waals surface area contributed by atoms with Crippen LogP contribution in [0.15, 0.2) is 24.3 Å². The summed E-state index contributed by atoms with van der Waals surface area (Å²) in [7, 11) is 0. The molecule has 0 spiro atoms.